The number of carbonyl (C=O) groups is 2. The van der Waals surface area contributed by atoms with E-state index >= 15 is 0 Å². The maximum Gasteiger partial charge on any atom is 0.243 e. The van der Waals surface area contributed by atoms with Gasteiger partial charge in [0.1, 0.15) is 0 Å². The summed E-state index contributed by atoms with van der Waals surface area (Å²) in [5.41, 5.74) is 0.754. The lowest BCUT2D eigenvalue weighted by atomic mass is 10.2. The number of sulfonamides is 1. The molecule has 1 amide bonds. The molecule has 0 saturated carbocycles. The molecule has 2 rings (SSSR count). The Morgan fingerprint density at radius 2 is 1.57 bits per heavy atom. The second-order valence-corrected chi connectivity index (χ2v) is 8.38. The standard InChI is InChI=1S/C19H20F2N2O4S/c1-13(24)15-5-7-16(8-6-15)28(26,27)23(3)12-19(25)22(2)11-14-4-9-17(20)18(21)10-14/h4-10H,11-12H2,1-3H3. The molecule has 0 bridgehead atoms. The van der Waals surface area contributed by atoms with Crippen LogP contribution < -0.4 is 0 Å². The van der Waals surface area contributed by atoms with Crippen LogP contribution in [0.2, 0.25) is 0 Å². The Morgan fingerprint density at radius 1 is 0.964 bits per heavy atom. The van der Waals surface area contributed by atoms with Crippen LogP contribution in [0.25, 0.3) is 0 Å². The molecule has 150 valence electrons. The van der Waals surface area contributed by atoms with Crippen molar-refractivity contribution >= 4 is 21.7 Å². The number of Topliss-reactive ketones (excluding diaryl/α,β-unsaturated/α-hetero) is 1. The summed E-state index contributed by atoms with van der Waals surface area (Å²) in [7, 11) is -1.23. The van der Waals surface area contributed by atoms with Crippen molar-refractivity contribution in [3.63, 3.8) is 0 Å². The Bertz CT molecular complexity index is 991. The van der Waals surface area contributed by atoms with Gasteiger partial charge >= 0.3 is 0 Å². The molecule has 0 aliphatic carbocycles. The fourth-order valence-corrected chi connectivity index (χ4v) is 3.56. The first kappa shape index (κ1) is 21.6. The number of benzene rings is 2. The molecule has 0 aliphatic heterocycles. The van der Waals surface area contributed by atoms with Crippen LogP contribution in [-0.2, 0) is 21.4 Å². The molecular formula is C19H20F2N2O4S. The van der Waals surface area contributed by atoms with E-state index in [-0.39, 0.29) is 17.2 Å². The Labute approximate surface area is 162 Å². The summed E-state index contributed by atoms with van der Waals surface area (Å²) in [4.78, 5) is 24.8. The van der Waals surface area contributed by atoms with Crippen molar-refractivity contribution in [1.82, 2.24) is 9.21 Å². The van der Waals surface area contributed by atoms with Crippen LogP contribution in [0.15, 0.2) is 47.4 Å². The predicted octanol–water partition coefficient (Wildman–Crippen LogP) is 2.45. The van der Waals surface area contributed by atoms with Crippen molar-refractivity contribution in [2.24, 2.45) is 0 Å². The van der Waals surface area contributed by atoms with E-state index in [4.69, 9.17) is 0 Å². The molecule has 0 spiro atoms. The molecule has 0 saturated heterocycles. The Hall–Kier alpha value is -2.65. The number of ketones is 1. The van der Waals surface area contributed by atoms with Gasteiger partial charge in [0, 0.05) is 26.2 Å². The van der Waals surface area contributed by atoms with Gasteiger partial charge in [0.25, 0.3) is 0 Å². The van der Waals surface area contributed by atoms with E-state index < -0.39 is 34.1 Å². The van der Waals surface area contributed by atoms with Gasteiger partial charge in [0.2, 0.25) is 15.9 Å². The molecule has 0 fully saturated rings. The molecule has 0 unspecified atom stereocenters. The van der Waals surface area contributed by atoms with Gasteiger partial charge in [-0.3, -0.25) is 9.59 Å². The van der Waals surface area contributed by atoms with E-state index in [1.165, 1.54) is 56.3 Å². The van der Waals surface area contributed by atoms with Crippen molar-refractivity contribution < 1.29 is 26.8 Å². The van der Waals surface area contributed by atoms with Crippen LogP contribution in [0.4, 0.5) is 8.78 Å². The highest BCUT2D eigenvalue weighted by molar-refractivity contribution is 7.89. The van der Waals surface area contributed by atoms with Crippen LogP contribution in [0.3, 0.4) is 0 Å². The lowest BCUT2D eigenvalue weighted by molar-refractivity contribution is -0.130. The largest absolute Gasteiger partial charge is 0.340 e. The quantitative estimate of drug-likeness (QED) is 0.657. The maximum absolute atomic E-state index is 13.3. The number of carbonyl (C=O) groups excluding carboxylic acids is 2. The highest BCUT2D eigenvalue weighted by Gasteiger charge is 2.24. The summed E-state index contributed by atoms with van der Waals surface area (Å²) in [5, 5.41) is 0. The first-order valence-electron chi connectivity index (χ1n) is 8.27. The van der Waals surface area contributed by atoms with Gasteiger partial charge in [-0.1, -0.05) is 18.2 Å². The summed E-state index contributed by atoms with van der Waals surface area (Å²) in [6.45, 7) is 0.936. The van der Waals surface area contributed by atoms with Crippen molar-refractivity contribution in [1.29, 1.82) is 0 Å². The fourth-order valence-electron chi connectivity index (χ4n) is 2.44. The second-order valence-electron chi connectivity index (χ2n) is 6.34. The number of likely N-dealkylation sites (N-methyl/N-ethyl adjacent to an activating group) is 2. The molecule has 0 heterocycles. The van der Waals surface area contributed by atoms with Crippen LogP contribution in [0.5, 0.6) is 0 Å². The third-order valence-electron chi connectivity index (χ3n) is 4.16. The average Bonchev–Trinajstić information content (AvgIpc) is 2.64. The molecular weight excluding hydrogens is 390 g/mol. The normalized spacial score (nSPS) is 11.5. The molecule has 0 atom stereocenters. The third kappa shape index (κ3) is 4.99. The number of amides is 1. The van der Waals surface area contributed by atoms with E-state index in [9.17, 15) is 26.8 Å². The number of halogens is 2. The highest BCUT2D eigenvalue weighted by Crippen LogP contribution is 2.16. The number of rotatable bonds is 7. The van der Waals surface area contributed by atoms with E-state index in [0.717, 1.165) is 16.4 Å². The lowest BCUT2D eigenvalue weighted by Crippen LogP contribution is -2.39. The van der Waals surface area contributed by atoms with E-state index in [2.05, 4.69) is 0 Å². The van der Waals surface area contributed by atoms with E-state index in [0.29, 0.717) is 11.1 Å². The first-order valence-corrected chi connectivity index (χ1v) is 9.71. The molecule has 9 heteroatoms. The minimum absolute atomic E-state index is 0.00275. The Morgan fingerprint density at radius 3 is 2.11 bits per heavy atom. The molecule has 2 aromatic carbocycles. The van der Waals surface area contributed by atoms with Gasteiger partial charge in [-0.25, -0.2) is 17.2 Å². The van der Waals surface area contributed by atoms with Crippen molar-refractivity contribution in [3.8, 4) is 0 Å². The topological polar surface area (TPSA) is 74.8 Å². The lowest BCUT2D eigenvalue weighted by Gasteiger charge is -2.22. The third-order valence-corrected chi connectivity index (χ3v) is 5.97. The molecule has 0 aromatic heterocycles. The average molecular weight is 410 g/mol. The summed E-state index contributed by atoms with van der Waals surface area (Å²) in [6.07, 6.45) is 0. The molecule has 28 heavy (non-hydrogen) atoms. The Kier molecular flexibility index (Phi) is 6.63. The first-order chi connectivity index (χ1) is 13.0. The smallest absolute Gasteiger partial charge is 0.243 e. The molecule has 0 aliphatic rings. The summed E-state index contributed by atoms with van der Waals surface area (Å²) >= 11 is 0. The van der Waals surface area contributed by atoms with Crippen molar-refractivity contribution in [2.75, 3.05) is 20.6 Å². The van der Waals surface area contributed by atoms with Gasteiger partial charge in [0.15, 0.2) is 17.4 Å². The van der Waals surface area contributed by atoms with Gasteiger partial charge in [-0.2, -0.15) is 4.31 Å². The Balaban J connectivity index is 2.06. The zero-order valence-electron chi connectivity index (χ0n) is 15.6. The van der Waals surface area contributed by atoms with Gasteiger partial charge < -0.3 is 4.90 Å². The van der Waals surface area contributed by atoms with Crippen LogP contribution in [0, 0.1) is 11.6 Å². The maximum atomic E-state index is 13.3. The number of hydrogen-bond acceptors (Lipinski definition) is 4. The van der Waals surface area contributed by atoms with Gasteiger partial charge in [-0.15, -0.1) is 0 Å². The van der Waals surface area contributed by atoms with Crippen LogP contribution in [-0.4, -0.2) is 50.0 Å². The van der Waals surface area contributed by atoms with Crippen LogP contribution >= 0.6 is 0 Å². The SMILES string of the molecule is CC(=O)c1ccc(S(=O)(=O)N(C)CC(=O)N(C)Cc2ccc(F)c(F)c2)cc1. The van der Waals surface area contributed by atoms with Crippen molar-refractivity contribution in [3.05, 3.63) is 65.2 Å². The monoisotopic (exact) mass is 410 g/mol. The van der Waals surface area contributed by atoms with E-state index in [1.54, 1.807) is 0 Å². The summed E-state index contributed by atoms with van der Waals surface area (Å²) in [6, 6.07) is 8.70. The minimum atomic E-state index is -3.93. The number of nitrogens with zero attached hydrogens (tertiary/aromatic N) is 2. The predicted molar refractivity (Wildman–Crippen MR) is 99.1 cm³/mol. The molecule has 6 nitrogen and oxygen atoms in total. The van der Waals surface area contributed by atoms with Gasteiger partial charge in [0.05, 0.1) is 11.4 Å². The fraction of sp³-hybridized carbons (Fsp3) is 0.263. The van der Waals surface area contributed by atoms with Crippen molar-refractivity contribution in [2.45, 2.75) is 18.4 Å². The van der Waals surface area contributed by atoms with E-state index in [1.807, 2.05) is 0 Å². The summed E-state index contributed by atoms with van der Waals surface area (Å²) < 4.78 is 52.3. The van der Waals surface area contributed by atoms with Gasteiger partial charge in [-0.05, 0) is 36.8 Å². The molecule has 2 aromatic rings. The zero-order valence-corrected chi connectivity index (χ0v) is 16.5. The second kappa shape index (κ2) is 8.57. The minimum Gasteiger partial charge on any atom is -0.340 e. The van der Waals surface area contributed by atoms with Crippen LogP contribution in [0.1, 0.15) is 22.8 Å². The molecule has 0 N–H and O–H groups in total. The highest BCUT2D eigenvalue weighted by atomic mass is 32.2. The zero-order chi connectivity index (χ0) is 21.1. The number of hydrogen-bond donors (Lipinski definition) is 0. The summed E-state index contributed by atoms with van der Waals surface area (Å²) in [5.74, 6) is -2.71. The molecule has 0 radical (unpaired) electrons.